The predicted octanol–water partition coefficient (Wildman–Crippen LogP) is 2.72. The number of aromatic nitrogens is 2. The lowest BCUT2D eigenvalue weighted by molar-refractivity contribution is 0.0925. The molecule has 1 aliphatic heterocycles. The Balaban J connectivity index is 1.75. The van der Waals surface area contributed by atoms with Crippen LogP contribution in [0.2, 0.25) is 0 Å². The van der Waals surface area contributed by atoms with Gasteiger partial charge in [-0.3, -0.25) is 18.8 Å². The maximum Gasteiger partial charge on any atom is 0.284 e. The van der Waals surface area contributed by atoms with Crippen LogP contribution in [-0.2, 0) is 0 Å². The number of thiazole rings is 1. The molecular weight excluding hydrogens is 366 g/mol. The Kier molecular flexibility index (Phi) is 3.19. The van der Waals surface area contributed by atoms with E-state index in [2.05, 4.69) is 4.98 Å². The largest absolute Gasteiger partial charge is 0.497 e. The molecule has 0 spiro atoms. The number of methoxy groups -OCH3 is 1. The van der Waals surface area contributed by atoms with Crippen LogP contribution in [0, 0.1) is 0 Å². The Labute approximate surface area is 156 Å². The molecule has 5 rings (SSSR count). The van der Waals surface area contributed by atoms with Crippen LogP contribution < -0.4 is 15.2 Å². The van der Waals surface area contributed by atoms with Gasteiger partial charge in [-0.05, 0) is 36.4 Å². The molecule has 0 N–H and O–H groups in total. The number of amides is 2. The molecule has 27 heavy (non-hydrogen) atoms. The van der Waals surface area contributed by atoms with E-state index in [0.717, 1.165) is 16.2 Å². The van der Waals surface area contributed by atoms with Crippen molar-refractivity contribution in [3.63, 3.8) is 0 Å². The summed E-state index contributed by atoms with van der Waals surface area (Å²) in [6, 6.07) is 13.6. The molecule has 0 unspecified atom stereocenters. The number of hydrogen-bond donors (Lipinski definition) is 0. The summed E-state index contributed by atoms with van der Waals surface area (Å²) in [7, 11) is 1.55. The van der Waals surface area contributed by atoms with Crippen LogP contribution in [0.3, 0.4) is 0 Å². The van der Waals surface area contributed by atoms with Gasteiger partial charge in [0.1, 0.15) is 16.3 Å². The van der Waals surface area contributed by atoms with Gasteiger partial charge in [0, 0.05) is 0 Å². The minimum Gasteiger partial charge on any atom is -0.497 e. The Hall–Kier alpha value is -3.52. The fourth-order valence-corrected chi connectivity index (χ4v) is 4.32. The lowest BCUT2D eigenvalue weighted by atomic mass is 10.2. The first-order valence-corrected chi connectivity index (χ1v) is 8.89. The van der Waals surface area contributed by atoms with Crippen LogP contribution in [0.5, 0.6) is 5.75 Å². The van der Waals surface area contributed by atoms with Crippen LogP contribution in [0.15, 0.2) is 53.3 Å². The minimum atomic E-state index is -0.443. The number of para-hydroxylation sites is 1. The van der Waals surface area contributed by atoms with Crippen molar-refractivity contribution >= 4 is 44.7 Å². The first-order valence-electron chi connectivity index (χ1n) is 8.07. The van der Waals surface area contributed by atoms with Gasteiger partial charge < -0.3 is 4.74 Å². The quantitative estimate of drug-likeness (QED) is 0.502. The van der Waals surface area contributed by atoms with Crippen molar-refractivity contribution in [2.75, 3.05) is 12.0 Å². The molecule has 0 bridgehead atoms. The van der Waals surface area contributed by atoms with Gasteiger partial charge >= 0.3 is 0 Å². The summed E-state index contributed by atoms with van der Waals surface area (Å²) in [4.78, 5) is 44.0. The summed E-state index contributed by atoms with van der Waals surface area (Å²) in [6.07, 6.45) is 0. The van der Waals surface area contributed by atoms with Gasteiger partial charge in [0.25, 0.3) is 17.4 Å². The SMILES string of the molecule is COc1ccc(N2C(=O)c3sc4nc(=O)c5ccccc5n4c3C2=O)cc1. The molecule has 0 atom stereocenters. The van der Waals surface area contributed by atoms with Gasteiger partial charge in [-0.1, -0.05) is 23.5 Å². The van der Waals surface area contributed by atoms with Gasteiger partial charge in [0.2, 0.25) is 0 Å². The molecule has 2 amide bonds. The zero-order chi connectivity index (χ0) is 18.7. The Morgan fingerprint density at radius 3 is 2.44 bits per heavy atom. The topological polar surface area (TPSA) is 81.0 Å². The highest BCUT2D eigenvalue weighted by Crippen LogP contribution is 2.35. The molecular formula is C19H11N3O4S. The van der Waals surface area contributed by atoms with Gasteiger partial charge in [-0.15, -0.1) is 0 Å². The lowest BCUT2D eigenvalue weighted by Crippen LogP contribution is -2.30. The number of anilines is 1. The number of nitrogens with zero attached hydrogens (tertiary/aromatic N) is 3. The molecule has 2 aromatic carbocycles. The molecule has 4 aromatic rings. The second-order valence-electron chi connectivity index (χ2n) is 5.98. The third-order valence-corrected chi connectivity index (χ3v) is 5.56. The Morgan fingerprint density at radius 2 is 1.70 bits per heavy atom. The number of carbonyl (C=O) groups excluding carboxylic acids is 2. The number of benzene rings is 2. The molecule has 8 heteroatoms. The van der Waals surface area contributed by atoms with E-state index < -0.39 is 11.8 Å². The number of rotatable bonds is 2. The predicted molar refractivity (Wildman–Crippen MR) is 101 cm³/mol. The van der Waals surface area contributed by atoms with Crippen LogP contribution in [-0.4, -0.2) is 28.3 Å². The molecule has 3 heterocycles. The van der Waals surface area contributed by atoms with Crippen molar-refractivity contribution in [1.29, 1.82) is 0 Å². The van der Waals surface area contributed by atoms with E-state index >= 15 is 0 Å². The monoisotopic (exact) mass is 377 g/mol. The van der Waals surface area contributed by atoms with E-state index in [0.29, 0.717) is 27.3 Å². The van der Waals surface area contributed by atoms with Crippen LogP contribution in [0.4, 0.5) is 5.69 Å². The number of carbonyl (C=O) groups is 2. The highest BCUT2D eigenvalue weighted by molar-refractivity contribution is 7.19. The fraction of sp³-hybridized carbons (Fsp3) is 0.0526. The third-order valence-electron chi connectivity index (χ3n) is 4.53. The van der Waals surface area contributed by atoms with Crippen LogP contribution in [0.1, 0.15) is 20.2 Å². The van der Waals surface area contributed by atoms with Crippen molar-refractivity contribution in [2.45, 2.75) is 0 Å². The molecule has 2 aromatic heterocycles. The summed E-state index contributed by atoms with van der Waals surface area (Å²) in [6.45, 7) is 0. The molecule has 0 fully saturated rings. The summed E-state index contributed by atoms with van der Waals surface area (Å²) < 4.78 is 6.72. The van der Waals surface area contributed by atoms with E-state index in [1.54, 1.807) is 60.0 Å². The number of fused-ring (bicyclic) bond motifs is 5. The molecule has 1 aliphatic rings. The molecule has 0 radical (unpaired) electrons. The van der Waals surface area contributed by atoms with Gasteiger partial charge in [0.05, 0.1) is 23.7 Å². The van der Waals surface area contributed by atoms with Crippen molar-refractivity contribution in [1.82, 2.24) is 9.38 Å². The molecule has 0 saturated heterocycles. The van der Waals surface area contributed by atoms with E-state index in [1.165, 1.54) is 0 Å². The van der Waals surface area contributed by atoms with Crippen LogP contribution in [0.25, 0.3) is 15.9 Å². The van der Waals surface area contributed by atoms with E-state index in [9.17, 15) is 14.4 Å². The first-order chi connectivity index (χ1) is 13.1. The zero-order valence-corrected chi connectivity index (χ0v) is 14.8. The average Bonchev–Trinajstić information content (AvgIpc) is 3.18. The lowest BCUT2D eigenvalue weighted by Gasteiger charge is -2.14. The van der Waals surface area contributed by atoms with E-state index in [4.69, 9.17) is 4.74 Å². The first kappa shape index (κ1) is 15.7. The highest BCUT2D eigenvalue weighted by Gasteiger charge is 2.41. The Bertz CT molecular complexity index is 1320. The highest BCUT2D eigenvalue weighted by atomic mass is 32.1. The summed E-state index contributed by atoms with van der Waals surface area (Å²) >= 11 is 1.05. The molecule has 0 saturated carbocycles. The molecule has 0 aliphatic carbocycles. The second kappa shape index (κ2) is 5.49. The maximum atomic E-state index is 13.1. The number of imide groups is 1. The maximum absolute atomic E-state index is 13.1. The normalized spacial score (nSPS) is 13.6. The average molecular weight is 377 g/mol. The zero-order valence-electron chi connectivity index (χ0n) is 14.0. The van der Waals surface area contributed by atoms with Gasteiger partial charge in [-0.25, -0.2) is 4.90 Å². The number of hydrogen-bond acceptors (Lipinski definition) is 6. The minimum absolute atomic E-state index is 0.236. The van der Waals surface area contributed by atoms with Gasteiger partial charge in [-0.2, -0.15) is 4.98 Å². The van der Waals surface area contributed by atoms with Gasteiger partial charge in [0.15, 0.2) is 4.96 Å². The third kappa shape index (κ3) is 2.07. The smallest absolute Gasteiger partial charge is 0.284 e. The van der Waals surface area contributed by atoms with Crippen LogP contribution >= 0.6 is 11.3 Å². The van der Waals surface area contributed by atoms with Crippen molar-refractivity contribution in [3.05, 3.63) is 69.5 Å². The molecule has 7 nitrogen and oxygen atoms in total. The van der Waals surface area contributed by atoms with E-state index in [-0.39, 0.29) is 16.1 Å². The van der Waals surface area contributed by atoms with Crippen molar-refractivity contribution in [3.8, 4) is 5.75 Å². The van der Waals surface area contributed by atoms with Crippen molar-refractivity contribution in [2.24, 2.45) is 0 Å². The van der Waals surface area contributed by atoms with Crippen molar-refractivity contribution < 1.29 is 14.3 Å². The number of ether oxygens (including phenoxy) is 1. The summed E-state index contributed by atoms with van der Waals surface area (Å²) in [5, 5.41) is 0.402. The second-order valence-corrected chi connectivity index (χ2v) is 6.95. The van der Waals surface area contributed by atoms with E-state index in [1.807, 2.05) is 0 Å². The summed E-state index contributed by atoms with van der Waals surface area (Å²) in [5.41, 5.74) is 0.875. The Morgan fingerprint density at radius 1 is 0.963 bits per heavy atom. The molecule has 132 valence electrons. The fourth-order valence-electron chi connectivity index (χ4n) is 3.28. The summed E-state index contributed by atoms with van der Waals surface area (Å²) in [5.74, 6) is -0.236. The standard InChI is InChI=1S/C19H11N3O4S/c1-26-11-8-6-10(7-9-11)21-17(24)14-15(18(21)25)27-19-20-16(23)12-4-2-3-5-13(12)22(14)19/h2-9H,1H3.